The van der Waals surface area contributed by atoms with Crippen LogP contribution >= 0.6 is 11.6 Å². The second-order valence-electron chi connectivity index (χ2n) is 6.89. The molecule has 1 aromatic carbocycles. The largest absolute Gasteiger partial charge is 0.487 e. The van der Waals surface area contributed by atoms with Gasteiger partial charge in [0.15, 0.2) is 0 Å². The number of hydrogen-bond donors (Lipinski definition) is 1. The Bertz CT molecular complexity index is 1310. The van der Waals surface area contributed by atoms with Crippen LogP contribution in [0, 0.1) is 5.95 Å². The van der Waals surface area contributed by atoms with E-state index in [4.69, 9.17) is 11.6 Å². The molecule has 4 rings (SSSR count). The van der Waals surface area contributed by atoms with Gasteiger partial charge < -0.3 is 10.1 Å². The number of aryl methyl sites for hydroxylation is 1. The number of nitrogens with zero attached hydrogens (tertiary/aromatic N) is 4. The van der Waals surface area contributed by atoms with E-state index in [1.807, 2.05) is 0 Å². The fourth-order valence-corrected chi connectivity index (χ4v) is 3.19. The molecule has 0 fully saturated rings. The number of rotatable bonds is 6. The molecule has 0 aliphatic carbocycles. The number of aromatic nitrogens is 4. The SMILES string of the molecule is Cn1cc(-c2ncc(C(=O)Nc3ccc(OC(F)(F)Cl)cc3)cc2-c2cccnc2F)cn1. The topological polar surface area (TPSA) is 81.9 Å². The number of ether oxygens (including phenoxy) is 1. The Balaban J connectivity index is 1.65. The number of hydrogen-bond acceptors (Lipinski definition) is 5. The highest BCUT2D eigenvalue weighted by Crippen LogP contribution is 2.32. The second kappa shape index (κ2) is 8.91. The molecular formula is C22H15ClF3N5O2. The summed E-state index contributed by atoms with van der Waals surface area (Å²) in [6.07, 6.45) is 5.96. The molecule has 0 aliphatic heterocycles. The van der Waals surface area contributed by atoms with Crippen LogP contribution in [0.15, 0.2) is 67.3 Å². The van der Waals surface area contributed by atoms with Crippen LogP contribution in [0.4, 0.5) is 18.9 Å². The summed E-state index contributed by atoms with van der Waals surface area (Å²) in [6.45, 7) is 0. The Morgan fingerprint density at radius 3 is 2.52 bits per heavy atom. The van der Waals surface area contributed by atoms with Gasteiger partial charge in [0.05, 0.1) is 17.5 Å². The quantitative estimate of drug-likeness (QED) is 0.311. The standard InChI is InChI=1S/C22H15ClF3N5O2/c1-31-12-14(11-29-31)19-18(17-3-2-8-27-20(17)24)9-13(10-28-19)21(32)30-15-4-6-16(7-5-15)33-22(23,25)26/h2-12H,1H3,(H,30,32). The molecule has 11 heteroatoms. The lowest BCUT2D eigenvalue weighted by atomic mass is 10.00. The van der Waals surface area contributed by atoms with E-state index in [9.17, 15) is 18.0 Å². The summed E-state index contributed by atoms with van der Waals surface area (Å²) < 4.78 is 45.8. The number of carbonyl (C=O) groups excluding carboxylic acids is 1. The summed E-state index contributed by atoms with van der Waals surface area (Å²) in [7, 11) is 1.74. The van der Waals surface area contributed by atoms with Crippen molar-refractivity contribution in [2.45, 2.75) is 5.57 Å². The monoisotopic (exact) mass is 473 g/mol. The lowest BCUT2D eigenvalue weighted by molar-refractivity contribution is -0.0964. The van der Waals surface area contributed by atoms with Gasteiger partial charge in [-0.1, -0.05) is 0 Å². The van der Waals surface area contributed by atoms with Gasteiger partial charge in [-0.25, -0.2) is 4.98 Å². The second-order valence-corrected chi connectivity index (χ2v) is 7.33. The third-order valence-corrected chi connectivity index (χ3v) is 4.60. The van der Waals surface area contributed by atoms with Crippen LogP contribution in [0.5, 0.6) is 5.75 Å². The highest BCUT2D eigenvalue weighted by molar-refractivity contribution is 6.20. The van der Waals surface area contributed by atoms with E-state index in [1.54, 1.807) is 30.2 Å². The first-order valence-corrected chi connectivity index (χ1v) is 9.84. The molecule has 0 aliphatic rings. The maximum absolute atomic E-state index is 14.5. The molecule has 1 amide bonds. The average molecular weight is 474 g/mol. The number of benzene rings is 1. The summed E-state index contributed by atoms with van der Waals surface area (Å²) in [6, 6.07) is 9.80. The van der Waals surface area contributed by atoms with Gasteiger partial charge in [-0.2, -0.15) is 9.49 Å². The fourth-order valence-electron chi connectivity index (χ4n) is 3.10. The minimum Gasteiger partial charge on any atom is -0.420 e. The van der Waals surface area contributed by atoms with Crippen LogP contribution < -0.4 is 10.1 Å². The minimum absolute atomic E-state index is 0.147. The van der Waals surface area contributed by atoms with Gasteiger partial charge in [-0.3, -0.25) is 14.5 Å². The van der Waals surface area contributed by atoms with Crippen LogP contribution in [0.1, 0.15) is 10.4 Å². The van der Waals surface area contributed by atoms with Gasteiger partial charge in [0.2, 0.25) is 5.95 Å². The van der Waals surface area contributed by atoms with Crippen molar-refractivity contribution in [1.82, 2.24) is 19.7 Å². The Labute approximate surface area is 190 Å². The third kappa shape index (κ3) is 5.29. The fraction of sp³-hybridized carbons (Fsp3) is 0.0909. The molecule has 0 spiro atoms. The predicted octanol–water partition coefficient (Wildman–Crippen LogP) is 5.10. The summed E-state index contributed by atoms with van der Waals surface area (Å²) in [4.78, 5) is 20.8. The van der Waals surface area contributed by atoms with Crippen molar-refractivity contribution in [3.05, 3.63) is 78.8 Å². The smallest absolute Gasteiger partial charge is 0.420 e. The maximum atomic E-state index is 14.5. The van der Waals surface area contributed by atoms with E-state index in [2.05, 4.69) is 25.1 Å². The first-order chi connectivity index (χ1) is 15.7. The van der Waals surface area contributed by atoms with Gasteiger partial charge >= 0.3 is 5.57 Å². The van der Waals surface area contributed by atoms with Crippen molar-refractivity contribution in [2.24, 2.45) is 7.05 Å². The number of halogens is 4. The van der Waals surface area contributed by atoms with E-state index in [0.717, 1.165) is 0 Å². The van der Waals surface area contributed by atoms with Crippen LogP contribution in [0.25, 0.3) is 22.4 Å². The number of amides is 1. The number of alkyl halides is 3. The van der Waals surface area contributed by atoms with Crippen molar-refractivity contribution in [1.29, 1.82) is 0 Å². The van der Waals surface area contributed by atoms with Gasteiger partial charge in [-0.05, 0) is 42.5 Å². The predicted molar refractivity (Wildman–Crippen MR) is 115 cm³/mol. The van der Waals surface area contributed by atoms with Gasteiger partial charge in [-0.15, -0.1) is 8.78 Å². The average Bonchev–Trinajstić information content (AvgIpc) is 3.20. The van der Waals surface area contributed by atoms with E-state index in [1.165, 1.54) is 48.8 Å². The normalized spacial score (nSPS) is 11.3. The van der Waals surface area contributed by atoms with Crippen LogP contribution in [0.3, 0.4) is 0 Å². The summed E-state index contributed by atoms with van der Waals surface area (Å²) in [5, 5.41) is 6.74. The molecule has 0 unspecified atom stereocenters. The lowest BCUT2D eigenvalue weighted by Gasteiger charge is -2.12. The molecule has 0 saturated carbocycles. The van der Waals surface area contributed by atoms with Gasteiger partial charge in [0.25, 0.3) is 5.91 Å². The minimum atomic E-state index is -3.84. The maximum Gasteiger partial charge on any atom is 0.487 e. The van der Waals surface area contributed by atoms with Crippen molar-refractivity contribution in [3.8, 4) is 28.1 Å². The van der Waals surface area contributed by atoms with Crippen LogP contribution in [-0.4, -0.2) is 31.2 Å². The van der Waals surface area contributed by atoms with Crippen LogP contribution in [0.2, 0.25) is 0 Å². The van der Waals surface area contributed by atoms with Crippen molar-refractivity contribution >= 4 is 23.2 Å². The molecular weight excluding hydrogens is 459 g/mol. The molecule has 4 aromatic rings. The molecule has 0 saturated heterocycles. The van der Waals surface area contributed by atoms with E-state index in [-0.39, 0.29) is 16.9 Å². The highest BCUT2D eigenvalue weighted by atomic mass is 35.5. The summed E-state index contributed by atoms with van der Waals surface area (Å²) in [5.41, 5.74) is -1.80. The number of carbonyl (C=O) groups is 1. The zero-order valence-corrected chi connectivity index (χ0v) is 17.7. The van der Waals surface area contributed by atoms with Gasteiger partial charge in [0, 0.05) is 59.6 Å². The molecule has 33 heavy (non-hydrogen) atoms. The first-order valence-electron chi connectivity index (χ1n) is 9.47. The van der Waals surface area contributed by atoms with Crippen LogP contribution in [-0.2, 0) is 7.05 Å². The Hall–Kier alpha value is -3.92. The Morgan fingerprint density at radius 1 is 1.12 bits per heavy atom. The molecule has 0 atom stereocenters. The van der Waals surface area contributed by atoms with Gasteiger partial charge in [0.1, 0.15) is 5.75 Å². The molecule has 1 N–H and O–H groups in total. The number of anilines is 1. The molecule has 168 valence electrons. The highest BCUT2D eigenvalue weighted by Gasteiger charge is 2.27. The first kappa shape index (κ1) is 22.3. The molecule has 0 radical (unpaired) electrons. The summed E-state index contributed by atoms with van der Waals surface area (Å²) >= 11 is 4.74. The van der Waals surface area contributed by atoms with E-state index >= 15 is 0 Å². The van der Waals surface area contributed by atoms with Crippen molar-refractivity contribution in [2.75, 3.05) is 5.32 Å². The van der Waals surface area contributed by atoms with E-state index in [0.29, 0.717) is 22.5 Å². The molecule has 3 heterocycles. The molecule has 0 bridgehead atoms. The molecule has 7 nitrogen and oxygen atoms in total. The van der Waals surface area contributed by atoms with E-state index < -0.39 is 17.4 Å². The zero-order valence-electron chi connectivity index (χ0n) is 17.0. The summed E-state index contributed by atoms with van der Waals surface area (Å²) in [5.74, 6) is -1.43. The Kier molecular flexibility index (Phi) is 6.01. The zero-order chi connectivity index (χ0) is 23.6. The number of pyridine rings is 2. The molecule has 3 aromatic heterocycles. The van der Waals surface area contributed by atoms with Crippen molar-refractivity contribution in [3.63, 3.8) is 0 Å². The third-order valence-electron chi connectivity index (χ3n) is 4.52. The lowest BCUT2D eigenvalue weighted by Crippen LogP contribution is -2.16. The number of nitrogens with one attached hydrogen (secondary N) is 1. The van der Waals surface area contributed by atoms with Crippen molar-refractivity contribution < 1.29 is 22.7 Å². The Morgan fingerprint density at radius 2 is 1.88 bits per heavy atom.